The van der Waals surface area contributed by atoms with Gasteiger partial charge < -0.3 is 30.0 Å². The van der Waals surface area contributed by atoms with Crippen molar-refractivity contribution in [2.24, 2.45) is 5.92 Å². The van der Waals surface area contributed by atoms with Crippen molar-refractivity contribution in [3.63, 3.8) is 0 Å². The van der Waals surface area contributed by atoms with Crippen LogP contribution < -0.4 is 10.6 Å². The van der Waals surface area contributed by atoms with Crippen LogP contribution in [0.15, 0.2) is 36.4 Å². The second-order valence-corrected chi connectivity index (χ2v) is 11.7. The molecular weight excluding hydrogens is 554 g/mol. The van der Waals surface area contributed by atoms with Gasteiger partial charge in [-0.25, -0.2) is 4.79 Å². The number of ether oxygens (including phenoxy) is 3. The molecule has 2 aliphatic heterocycles. The Labute approximate surface area is 253 Å². The Balaban J connectivity index is 1.49. The lowest BCUT2D eigenvalue weighted by Gasteiger charge is -2.33. The normalized spacial score (nSPS) is 27.5. The number of aliphatic hydroxyl groups excluding tert-OH is 1. The van der Waals surface area contributed by atoms with Crippen molar-refractivity contribution in [1.29, 1.82) is 0 Å². The molecule has 4 atom stereocenters. The predicted molar refractivity (Wildman–Crippen MR) is 158 cm³/mol. The van der Waals surface area contributed by atoms with Gasteiger partial charge in [-0.1, -0.05) is 62.4 Å². The second-order valence-electron chi connectivity index (χ2n) is 11.7. The number of morpholine rings is 1. The van der Waals surface area contributed by atoms with Gasteiger partial charge in [-0.15, -0.1) is 0 Å². The van der Waals surface area contributed by atoms with E-state index in [1.165, 1.54) is 6.08 Å². The number of nitrogens with zero attached hydrogens (tertiary/aromatic N) is 1. The van der Waals surface area contributed by atoms with E-state index < -0.39 is 48.0 Å². The summed E-state index contributed by atoms with van der Waals surface area (Å²) in [6.07, 6.45) is 7.17. The lowest BCUT2D eigenvalue weighted by atomic mass is 9.83. The number of hydrogen-bond donors (Lipinski definition) is 3. The fourth-order valence-electron chi connectivity index (χ4n) is 5.85. The van der Waals surface area contributed by atoms with Crippen molar-refractivity contribution in [3.8, 4) is 0 Å². The van der Waals surface area contributed by atoms with Gasteiger partial charge in [-0.2, -0.15) is 0 Å². The third-order valence-corrected chi connectivity index (χ3v) is 8.29. The fourth-order valence-corrected chi connectivity index (χ4v) is 5.85. The van der Waals surface area contributed by atoms with E-state index >= 15 is 0 Å². The third-order valence-electron chi connectivity index (χ3n) is 8.29. The van der Waals surface area contributed by atoms with Gasteiger partial charge in [-0.3, -0.25) is 19.3 Å². The van der Waals surface area contributed by atoms with E-state index in [0.717, 1.165) is 37.7 Å². The molecule has 0 bridgehead atoms. The van der Waals surface area contributed by atoms with Crippen LogP contribution in [0.25, 0.3) is 6.08 Å². The molecule has 2 amide bonds. The number of esters is 2. The zero-order valence-electron chi connectivity index (χ0n) is 24.8. The molecule has 0 aromatic heterocycles. The average molecular weight is 600 g/mol. The quantitative estimate of drug-likeness (QED) is 0.317. The van der Waals surface area contributed by atoms with Crippen molar-refractivity contribution in [3.05, 3.63) is 42.0 Å². The van der Waals surface area contributed by atoms with Crippen LogP contribution in [-0.4, -0.2) is 97.5 Å². The van der Waals surface area contributed by atoms with E-state index in [0.29, 0.717) is 52.1 Å². The average Bonchev–Trinajstić information content (AvgIpc) is 3.02. The zero-order chi connectivity index (χ0) is 30.4. The Morgan fingerprint density at radius 1 is 1.02 bits per heavy atom. The fraction of sp³-hybridized carbons (Fsp3) is 0.625. The van der Waals surface area contributed by atoms with E-state index in [9.17, 15) is 24.3 Å². The molecule has 3 N–H and O–H groups in total. The summed E-state index contributed by atoms with van der Waals surface area (Å²) >= 11 is 0. The maximum Gasteiger partial charge on any atom is 0.337 e. The molecule has 1 aromatic carbocycles. The molecule has 1 aliphatic carbocycles. The molecule has 2 heterocycles. The van der Waals surface area contributed by atoms with Crippen molar-refractivity contribution in [2.75, 3.05) is 39.5 Å². The van der Waals surface area contributed by atoms with E-state index in [1.807, 2.05) is 30.3 Å². The van der Waals surface area contributed by atoms with Crippen LogP contribution in [-0.2, 0) is 33.4 Å². The number of aliphatic hydroxyl groups is 1. The standard InChI is InChI=1S/C32H45N3O8/c36-28(15-14-23-8-3-1-4-9-23)33-27-22-42-29(37)13-7-12-25(21-35-16-18-41-19-17-35)43-32(40)30(38)26(34-31(27)39)20-24-10-5-2-6-11-24/h1,3-4,8-9,14-15,24-27,30,38H,2,5-7,10-13,16-22H2,(H,33,36)(H,34,39)/b15-14+/t25-,26+,27+,30-/m1/s1. The van der Waals surface area contributed by atoms with Gasteiger partial charge in [-0.05, 0) is 36.8 Å². The molecule has 0 unspecified atom stereocenters. The zero-order valence-corrected chi connectivity index (χ0v) is 24.8. The van der Waals surface area contributed by atoms with Gasteiger partial charge >= 0.3 is 11.9 Å². The Morgan fingerprint density at radius 3 is 2.51 bits per heavy atom. The van der Waals surface area contributed by atoms with E-state index in [2.05, 4.69) is 15.5 Å². The van der Waals surface area contributed by atoms with Gasteiger partial charge in [0.2, 0.25) is 11.8 Å². The van der Waals surface area contributed by atoms with Gasteiger partial charge in [0.15, 0.2) is 6.10 Å². The molecule has 0 radical (unpaired) electrons. The molecule has 3 aliphatic rings. The highest BCUT2D eigenvalue weighted by Crippen LogP contribution is 2.28. The van der Waals surface area contributed by atoms with Gasteiger partial charge in [0.25, 0.3) is 0 Å². The maximum absolute atomic E-state index is 13.5. The summed E-state index contributed by atoms with van der Waals surface area (Å²) < 4.78 is 16.6. The molecule has 3 fully saturated rings. The smallest absolute Gasteiger partial charge is 0.337 e. The van der Waals surface area contributed by atoms with Crippen LogP contribution in [0.5, 0.6) is 0 Å². The molecule has 43 heavy (non-hydrogen) atoms. The number of hydrogen-bond acceptors (Lipinski definition) is 9. The summed E-state index contributed by atoms with van der Waals surface area (Å²) in [5, 5.41) is 16.6. The first-order valence-electron chi connectivity index (χ1n) is 15.6. The van der Waals surface area contributed by atoms with E-state index in [4.69, 9.17) is 14.2 Å². The summed E-state index contributed by atoms with van der Waals surface area (Å²) in [7, 11) is 0. The van der Waals surface area contributed by atoms with Crippen LogP contribution >= 0.6 is 0 Å². The van der Waals surface area contributed by atoms with Gasteiger partial charge in [0, 0.05) is 32.1 Å². The van der Waals surface area contributed by atoms with E-state index in [1.54, 1.807) is 6.08 Å². The van der Waals surface area contributed by atoms with Crippen molar-refractivity contribution >= 4 is 29.8 Å². The van der Waals surface area contributed by atoms with Crippen LogP contribution in [0.3, 0.4) is 0 Å². The van der Waals surface area contributed by atoms with Gasteiger partial charge in [0.05, 0.1) is 19.3 Å². The molecule has 1 saturated carbocycles. The molecule has 236 valence electrons. The number of rotatable bonds is 7. The number of benzene rings is 1. The minimum absolute atomic E-state index is 0.0558. The van der Waals surface area contributed by atoms with Crippen LogP contribution in [0.4, 0.5) is 0 Å². The Bertz CT molecular complexity index is 1090. The number of nitrogens with one attached hydrogen (secondary N) is 2. The highest BCUT2D eigenvalue weighted by molar-refractivity contribution is 5.96. The Hall–Kier alpha value is -3.28. The van der Waals surface area contributed by atoms with E-state index in [-0.39, 0.29) is 18.9 Å². The summed E-state index contributed by atoms with van der Waals surface area (Å²) in [5.74, 6) is -2.28. The molecule has 4 rings (SSSR count). The molecule has 11 heteroatoms. The number of amides is 2. The van der Waals surface area contributed by atoms with Crippen LogP contribution in [0, 0.1) is 5.92 Å². The Kier molecular flexibility index (Phi) is 13.0. The molecule has 11 nitrogen and oxygen atoms in total. The first-order chi connectivity index (χ1) is 20.9. The Morgan fingerprint density at radius 2 is 1.77 bits per heavy atom. The number of cyclic esters (lactones) is 2. The van der Waals surface area contributed by atoms with Crippen molar-refractivity contribution in [2.45, 2.75) is 82.1 Å². The SMILES string of the molecule is O=C(/C=C/c1ccccc1)N[C@H]1COC(=O)CCC[C@H](CN2CCOCC2)OC(=O)[C@H](O)[C@H](CC2CCCCC2)NC1=O. The van der Waals surface area contributed by atoms with Crippen molar-refractivity contribution < 1.29 is 38.5 Å². The molecule has 0 spiro atoms. The van der Waals surface area contributed by atoms with Crippen LogP contribution in [0.2, 0.25) is 0 Å². The minimum atomic E-state index is -1.59. The number of carbonyl (C=O) groups is 4. The third kappa shape index (κ3) is 11.1. The summed E-state index contributed by atoms with van der Waals surface area (Å²) in [6.45, 7) is 2.67. The maximum atomic E-state index is 13.5. The van der Waals surface area contributed by atoms with Gasteiger partial charge in [0.1, 0.15) is 18.8 Å². The monoisotopic (exact) mass is 599 g/mol. The molecule has 1 aromatic rings. The minimum Gasteiger partial charge on any atom is -0.463 e. The summed E-state index contributed by atoms with van der Waals surface area (Å²) in [4.78, 5) is 54.3. The predicted octanol–water partition coefficient (Wildman–Crippen LogP) is 1.97. The second kappa shape index (κ2) is 17.1. The highest BCUT2D eigenvalue weighted by atomic mass is 16.6. The largest absolute Gasteiger partial charge is 0.463 e. The summed E-state index contributed by atoms with van der Waals surface area (Å²) in [6, 6.07) is 7.08. The topological polar surface area (TPSA) is 144 Å². The first-order valence-corrected chi connectivity index (χ1v) is 15.6. The highest BCUT2D eigenvalue weighted by Gasteiger charge is 2.35. The lowest BCUT2D eigenvalue weighted by Crippen LogP contribution is -2.56. The lowest BCUT2D eigenvalue weighted by molar-refractivity contribution is -0.163. The summed E-state index contributed by atoms with van der Waals surface area (Å²) in [5.41, 5.74) is 0.806. The molecular formula is C32H45N3O8. The van der Waals surface area contributed by atoms with Crippen molar-refractivity contribution in [1.82, 2.24) is 15.5 Å². The first kappa shape index (κ1) is 32.6. The number of carbonyl (C=O) groups excluding carboxylic acids is 4. The van der Waals surface area contributed by atoms with Crippen LogP contribution in [0.1, 0.15) is 63.4 Å². The molecule has 2 saturated heterocycles.